The maximum atomic E-state index is 9.38. The molecular formula is C4H6NO3S-. The van der Waals surface area contributed by atoms with Crippen LogP contribution in [0, 0.1) is 10.7 Å². The van der Waals surface area contributed by atoms with Crippen molar-refractivity contribution in [1.29, 1.82) is 5.26 Å². The van der Waals surface area contributed by atoms with Gasteiger partial charge in [0.2, 0.25) is 0 Å². The van der Waals surface area contributed by atoms with E-state index in [1.807, 2.05) is 0 Å². The molecule has 0 saturated heterocycles. The van der Waals surface area contributed by atoms with Gasteiger partial charge in [0.05, 0.1) is 6.61 Å². The minimum Gasteiger partial charge on any atom is -0.696 e. The lowest BCUT2D eigenvalue weighted by Gasteiger charge is -1.87. The molecule has 0 aromatic carbocycles. The van der Waals surface area contributed by atoms with Crippen LogP contribution in [0.3, 0.4) is 0 Å². The Kier molecular flexibility index (Phi) is 12.2. The Morgan fingerprint density at radius 1 is 2.00 bits per heavy atom. The highest BCUT2D eigenvalue weighted by molar-refractivity contribution is 7.64. The summed E-state index contributed by atoms with van der Waals surface area (Å²) in [6.07, 6.45) is -1.21. The minimum absolute atomic E-state index is 0.231. The van der Waals surface area contributed by atoms with Crippen LogP contribution in [0.1, 0.15) is 6.92 Å². The second-order valence-corrected chi connectivity index (χ2v) is 0.973. The molecule has 0 heterocycles. The van der Waals surface area contributed by atoms with E-state index in [-0.39, 0.29) is 6.61 Å². The Balaban J connectivity index is 0. The van der Waals surface area contributed by atoms with Crippen molar-refractivity contribution in [1.82, 2.24) is 0 Å². The van der Waals surface area contributed by atoms with E-state index in [2.05, 4.69) is 17.4 Å². The molecule has 0 aliphatic rings. The van der Waals surface area contributed by atoms with E-state index in [0.717, 1.165) is 0 Å². The first-order valence-corrected chi connectivity index (χ1v) is 2.46. The van der Waals surface area contributed by atoms with Gasteiger partial charge < -0.3 is 22.5 Å². The van der Waals surface area contributed by atoms with Gasteiger partial charge in [0.1, 0.15) is 0 Å². The van der Waals surface area contributed by atoms with Crippen LogP contribution in [0.2, 0.25) is 0 Å². The zero-order chi connectivity index (χ0) is 7.70. The van der Waals surface area contributed by atoms with E-state index in [1.54, 1.807) is 6.92 Å². The highest BCUT2D eigenvalue weighted by Crippen LogP contribution is 1.69. The predicted molar refractivity (Wildman–Crippen MR) is 32.6 cm³/mol. The third kappa shape index (κ3) is 44.2. The number of hydrogen-bond acceptors (Lipinski definition) is 4. The van der Waals surface area contributed by atoms with Gasteiger partial charge in [0.25, 0.3) is 0 Å². The van der Waals surface area contributed by atoms with Crippen LogP contribution >= 0.6 is 0 Å². The molecule has 9 heavy (non-hydrogen) atoms. The first-order chi connectivity index (χ1) is 4.18. The minimum atomic E-state index is -1.21. The summed E-state index contributed by atoms with van der Waals surface area (Å²) in [4.78, 5) is 9.38. The molecule has 0 aromatic rings. The highest BCUT2D eigenvalue weighted by atomic mass is 32.1. The second kappa shape index (κ2) is 10.1. The van der Waals surface area contributed by atoms with Gasteiger partial charge in [-0.2, -0.15) is 0 Å². The highest BCUT2D eigenvalue weighted by Gasteiger charge is 1.86. The standard InChI is InChI=1S/C3H6O3.CHNS/c1-2-6-3(4)5;2-1-3/h2H2,1H3,(H,4,5);3H/p-1. The molecule has 0 spiro atoms. The van der Waals surface area contributed by atoms with Crippen LogP contribution in [-0.2, 0) is 17.4 Å². The maximum Gasteiger partial charge on any atom is 0.505 e. The zero-order valence-corrected chi connectivity index (χ0v) is 5.64. The van der Waals surface area contributed by atoms with Gasteiger partial charge in [0, 0.05) is 0 Å². The Morgan fingerprint density at radius 3 is 2.33 bits per heavy atom. The molecule has 0 unspecified atom stereocenters. The summed E-state index contributed by atoms with van der Waals surface area (Å²) >= 11 is 3.70. The Hall–Kier alpha value is -1.02. The molecule has 0 bridgehead atoms. The fourth-order valence-corrected chi connectivity index (χ4v) is 0.123. The van der Waals surface area contributed by atoms with Crippen molar-refractivity contribution in [3.8, 4) is 5.40 Å². The number of carbonyl (C=O) groups is 1. The van der Waals surface area contributed by atoms with Crippen molar-refractivity contribution in [2.24, 2.45) is 0 Å². The van der Waals surface area contributed by atoms with Crippen LogP contribution < -0.4 is 0 Å². The van der Waals surface area contributed by atoms with Crippen molar-refractivity contribution in [2.75, 3.05) is 6.61 Å². The number of nitrogens with zero attached hydrogens (tertiary/aromatic N) is 1. The lowest BCUT2D eigenvalue weighted by molar-refractivity contribution is 0.0966. The van der Waals surface area contributed by atoms with Gasteiger partial charge in [-0.1, -0.05) is 5.40 Å². The van der Waals surface area contributed by atoms with E-state index < -0.39 is 6.16 Å². The van der Waals surface area contributed by atoms with E-state index >= 15 is 0 Å². The van der Waals surface area contributed by atoms with Crippen LogP contribution in [0.15, 0.2) is 0 Å². The first kappa shape index (κ1) is 10.9. The van der Waals surface area contributed by atoms with Gasteiger partial charge in [0.15, 0.2) is 0 Å². The van der Waals surface area contributed by atoms with E-state index in [9.17, 15) is 4.79 Å². The molecule has 0 aliphatic carbocycles. The van der Waals surface area contributed by atoms with Gasteiger partial charge in [-0.15, -0.1) is 0 Å². The molecule has 0 radical (unpaired) electrons. The smallest absolute Gasteiger partial charge is 0.505 e. The number of ether oxygens (including phenoxy) is 1. The first-order valence-electron chi connectivity index (χ1n) is 2.06. The van der Waals surface area contributed by atoms with Crippen LogP contribution in [0.25, 0.3) is 0 Å². The van der Waals surface area contributed by atoms with Crippen molar-refractivity contribution < 1.29 is 14.6 Å². The molecular weight excluding hydrogens is 142 g/mol. The fraction of sp³-hybridized carbons (Fsp3) is 0.500. The number of carboxylic acid groups (broad SMARTS) is 1. The van der Waals surface area contributed by atoms with Gasteiger partial charge in [-0.25, -0.2) is 10.1 Å². The Bertz CT molecular complexity index is 109. The Labute approximate surface area is 58.5 Å². The number of rotatable bonds is 1. The monoisotopic (exact) mass is 148 g/mol. The lowest BCUT2D eigenvalue weighted by atomic mass is 10.9. The fourth-order valence-electron chi connectivity index (χ4n) is 0.123. The summed E-state index contributed by atoms with van der Waals surface area (Å²) in [6, 6.07) is 0. The summed E-state index contributed by atoms with van der Waals surface area (Å²) in [5, 5.41) is 16.2. The maximum absolute atomic E-state index is 9.38. The number of thiocyanates is 1. The third-order valence-corrected chi connectivity index (χ3v) is 0.268. The van der Waals surface area contributed by atoms with E-state index in [4.69, 9.17) is 10.4 Å². The molecule has 0 fully saturated rings. The number of hydrogen-bond donors (Lipinski definition) is 1. The predicted octanol–water partition coefficient (Wildman–Crippen LogP) is 0.715. The average molecular weight is 148 g/mol. The second-order valence-electron chi connectivity index (χ2n) is 0.790. The Morgan fingerprint density at radius 2 is 2.33 bits per heavy atom. The van der Waals surface area contributed by atoms with Gasteiger partial charge >= 0.3 is 6.16 Å². The lowest BCUT2D eigenvalue weighted by Crippen LogP contribution is -1.97. The normalized spacial score (nSPS) is 5.78. The molecule has 0 rings (SSSR count). The van der Waals surface area contributed by atoms with Crippen molar-refractivity contribution in [2.45, 2.75) is 6.92 Å². The molecule has 1 N–H and O–H groups in total. The van der Waals surface area contributed by atoms with Crippen LogP contribution in [-0.4, -0.2) is 17.9 Å². The topological polar surface area (TPSA) is 70.3 Å². The summed E-state index contributed by atoms with van der Waals surface area (Å²) in [5.74, 6) is 0. The van der Waals surface area contributed by atoms with E-state index in [1.165, 1.54) is 5.40 Å². The van der Waals surface area contributed by atoms with Crippen LogP contribution in [0.4, 0.5) is 4.79 Å². The summed E-state index contributed by atoms with van der Waals surface area (Å²) in [7, 11) is 0. The quantitative estimate of drug-likeness (QED) is 0.337. The third-order valence-electron chi connectivity index (χ3n) is 0.268. The van der Waals surface area contributed by atoms with Crippen molar-refractivity contribution >= 4 is 18.8 Å². The van der Waals surface area contributed by atoms with Crippen molar-refractivity contribution in [3.63, 3.8) is 0 Å². The molecule has 0 aromatic heterocycles. The molecule has 0 atom stereocenters. The SMILES string of the molecule is CCOC(=O)O.N#C[S-]. The largest absolute Gasteiger partial charge is 0.696 e. The van der Waals surface area contributed by atoms with E-state index in [0.29, 0.717) is 0 Å². The molecule has 0 amide bonds. The average Bonchev–Trinajstić information content (AvgIpc) is 1.67. The molecule has 0 aliphatic heterocycles. The summed E-state index contributed by atoms with van der Waals surface area (Å²) < 4.78 is 3.96. The zero-order valence-electron chi connectivity index (χ0n) is 4.83. The molecule has 52 valence electrons. The number of nitriles is 1. The van der Waals surface area contributed by atoms with Gasteiger partial charge in [-0.05, 0) is 6.92 Å². The molecule has 0 saturated carbocycles. The molecule has 4 nitrogen and oxygen atoms in total. The van der Waals surface area contributed by atoms with Crippen molar-refractivity contribution in [3.05, 3.63) is 0 Å². The summed E-state index contributed by atoms with van der Waals surface area (Å²) in [5.41, 5.74) is 0. The van der Waals surface area contributed by atoms with Crippen LogP contribution in [0.5, 0.6) is 0 Å². The van der Waals surface area contributed by atoms with Gasteiger partial charge in [-0.3, -0.25) is 0 Å². The molecule has 5 heteroatoms. The summed E-state index contributed by atoms with van der Waals surface area (Å²) in [6.45, 7) is 1.85.